The molecule has 1 amide bonds. The van der Waals surface area contributed by atoms with Gasteiger partial charge in [0.1, 0.15) is 5.75 Å². The number of carbonyl (C=O) groups is 1. The highest BCUT2D eigenvalue weighted by Gasteiger charge is 2.11. The van der Waals surface area contributed by atoms with Gasteiger partial charge in [-0.25, -0.2) is 0 Å². The number of nitrogens with one attached hydrogen (secondary N) is 2. The summed E-state index contributed by atoms with van der Waals surface area (Å²) in [4.78, 5) is 12.3. The lowest BCUT2D eigenvalue weighted by molar-refractivity contribution is 0.102. The van der Waals surface area contributed by atoms with Crippen molar-refractivity contribution >= 4 is 34.6 Å². The minimum Gasteiger partial charge on any atom is -0.496 e. The number of hydrogen-bond acceptors (Lipinski definition) is 3. The molecule has 0 aliphatic rings. The molecule has 0 fully saturated rings. The van der Waals surface area contributed by atoms with Crippen LogP contribution in [0.5, 0.6) is 5.75 Å². The number of hydrogen-bond donors (Lipinski definition) is 3. The Bertz CT molecular complexity index is 673. The molecular formula is C15H15N3O2S. The number of benzene rings is 2. The van der Waals surface area contributed by atoms with Crippen molar-refractivity contribution in [2.24, 2.45) is 5.73 Å². The van der Waals surface area contributed by atoms with Crippen LogP contribution in [0.3, 0.4) is 0 Å². The maximum atomic E-state index is 12.3. The van der Waals surface area contributed by atoms with Crippen LogP contribution in [0.1, 0.15) is 10.4 Å². The second-order valence-corrected chi connectivity index (χ2v) is 4.66. The summed E-state index contributed by atoms with van der Waals surface area (Å²) >= 11 is 4.78. The molecule has 6 heteroatoms. The Labute approximate surface area is 128 Å². The van der Waals surface area contributed by atoms with Gasteiger partial charge >= 0.3 is 0 Å². The first kappa shape index (κ1) is 14.8. The minimum absolute atomic E-state index is 0.170. The van der Waals surface area contributed by atoms with Crippen LogP contribution in [-0.4, -0.2) is 18.1 Å². The molecule has 2 aromatic carbocycles. The Balaban J connectivity index is 2.17. The number of para-hydroxylation sites is 1. The van der Waals surface area contributed by atoms with Crippen molar-refractivity contribution in [1.29, 1.82) is 0 Å². The SMILES string of the molecule is COc1ccccc1C(=O)Nc1cccc(NC(N)=S)c1. The zero-order valence-corrected chi connectivity index (χ0v) is 12.2. The maximum Gasteiger partial charge on any atom is 0.259 e. The van der Waals surface area contributed by atoms with Crippen LogP contribution in [0.4, 0.5) is 11.4 Å². The van der Waals surface area contributed by atoms with E-state index in [2.05, 4.69) is 10.6 Å². The lowest BCUT2D eigenvalue weighted by Gasteiger charge is -2.10. The van der Waals surface area contributed by atoms with Crippen LogP contribution in [0.15, 0.2) is 48.5 Å². The van der Waals surface area contributed by atoms with Crippen molar-refractivity contribution in [1.82, 2.24) is 0 Å². The van der Waals surface area contributed by atoms with Gasteiger partial charge in [0.15, 0.2) is 5.11 Å². The normalized spacial score (nSPS) is 9.76. The summed E-state index contributed by atoms with van der Waals surface area (Å²) in [5, 5.41) is 5.79. The smallest absolute Gasteiger partial charge is 0.259 e. The number of ether oxygens (including phenoxy) is 1. The Morgan fingerprint density at radius 2 is 1.76 bits per heavy atom. The van der Waals surface area contributed by atoms with Gasteiger partial charge in [0, 0.05) is 11.4 Å². The van der Waals surface area contributed by atoms with Crippen molar-refractivity contribution in [2.45, 2.75) is 0 Å². The number of carbonyl (C=O) groups excluding carboxylic acids is 1. The molecular weight excluding hydrogens is 286 g/mol. The summed E-state index contributed by atoms with van der Waals surface area (Å²) in [7, 11) is 1.53. The van der Waals surface area contributed by atoms with E-state index in [0.717, 1.165) is 0 Å². The van der Waals surface area contributed by atoms with E-state index >= 15 is 0 Å². The van der Waals surface area contributed by atoms with Crippen LogP contribution in [0.2, 0.25) is 0 Å². The molecule has 0 saturated heterocycles. The first-order valence-electron chi connectivity index (χ1n) is 6.21. The molecule has 0 aromatic heterocycles. The van der Waals surface area contributed by atoms with Gasteiger partial charge in [-0.05, 0) is 42.5 Å². The van der Waals surface area contributed by atoms with E-state index in [1.807, 2.05) is 6.07 Å². The summed E-state index contributed by atoms with van der Waals surface area (Å²) in [5.74, 6) is 0.271. The molecule has 0 bridgehead atoms. The second kappa shape index (κ2) is 6.71. The topological polar surface area (TPSA) is 76.4 Å². The van der Waals surface area contributed by atoms with Gasteiger partial charge in [-0.1, -0.05) is 18.2 Å². The summed E-state index contributed by atoms with van der Waals surface area (Å²) in [6.45, 7) is 0. The van der Waals surface area contributed by atoms with Crippen LogP contribution >= 0.6 is 12.2 Å². The fraction of sp³-hybridized carbons (Fsp3) is 0.0667. The van der Waals surface area contributed by atoms with E-state index in [-0.39, 0.29) is 11.0 Å². The maximum absolute atomic E-state index is 12.3. The summed E-state index contributed by atoms with van der Waals surface area (Å²) in [6.07, 6.45) is 0. The summed E-state index contributed by atoms with van der Waals surface area (Å²) < 4.78 is 5.17. The molecule has 0 saturated carbocycles. The highest BCUT2D eigenvalue weighted by Crippen LogP contribution is 2.20. The van der Waals surface area contributed by atoms with Crippen LogP contribution in [-0.2, 0) is 0 Å². The Kier molecular flexibility index (Phi) is 4.73. The van der Waals surface area contributed by atoms with Gasteiger partial charge < -0.3 is 21.1 Å². The molecule has 108 valence electrons. The highest BCUT2D eigenvalue weighted by atomic mass is 32.1. The molecule has 4 N–H and O–H groups in total. The van der Waals surface area contributed by atoms with E-state index in [9.17, 15) is 4.79 Å². The van der Waals surface area contributed by atoms with Gasteiger partial charge in [0.25, 0.3) is 5.91 Å². The average Bonchev–Trinajstić information content (AvgIpc) is 2.46. The standard InChI is InChI=1S/C15H15N3O2S/c1-20-13-8-3-2-7-12(13)14(19)17-10-5-4-6-11(9-10)18-15(16)21/h2-9H,1H3,(H,17,19)(H3,16,18,21). The average molecular weight is 301 g/mol. The number of anilines is 2. The monoisotopic (exact) mass is 301 g/mol. The molecule has 0 radical (unpaired) electrons. The van der Waals surface area contributed by atoms with Gasteiger partial charge in [0.2, 0.25) is 0 Å². The predicted octanol–water partition coefficient (Wildman–Crippen LogP) is 2.60. The third kappa shape index (κ3) is 3.93. The number of nitrogens with two attached hydrogens (primary N) is 1. The lowest BCUT2D eigenvalue weighted by atomic mass is 10.2. The van der Waals surface area contributed by atoms with Gasteiger partial charge in [-0.15, -0.1) is 0 Å². The zero-order valence-electron chi connectivity index (χ0n) is 11.4. The number of methoxy groups -OCH3 is 1. The number of amides is 1. The third-order valence-corrected chi connectivity index (χ3v) is 2.84. The molecule has 0 spiro atoms. The number of thiocarbonyl (C=S) groups is 1. The fourth-order valence-electron chi connectivity index (χ4n) is 1.85. The van der Waals surface area contributed by atoms with Crippen LogP contribution < -0.4 is 21.1 Å². The van der Waals surface area contributed by atoms with Crippen molar-refractivity contribution in [3.8, 4) is 5.75 Å². The molecule has 0 atom stereocenters. The van der Waals surface area contributed by atoms with Crippen molar-refractivity contribution in [3.63, 3.8) is 0 Å². The molecule has 5 nitrogen and oxygen atoms in total. The van der Waals surface area contributed by atoms with E-state index < -0.39 is 0 Å². The molecule has 0 aliphatic heterocycles. The highest BCUT2D eigenvalue weighted by molar-refractivity contribution is 7.80. The zero-order chi connectivity index (χ0) is 15.2. The minimum atomic E-state index is -0.250. The Morgan fingerprint density at radius 3 is 2.43 bits per heavy atom. The van der Waals surface area contributed by atoms with E-state index in [0.29, 0.717) is 22.7 Å². The summed E-state index contributed by atoms with van der Waals surface area (Å²) in [6, 6.07) is 14.1. The summed E-state index contributed by atoms with van der Waals surface area (Å²) in [5.41, 5.74) is 7.23. The fourth-order valence-corrected chi connectivity index (χ4v) is 1.97. The predicted molar refractivity (Wildman–Crippen MR) is 87.8 cm³/mol. The molecule has 21 heavy (non-hydrogen) atoms. The van der Waals surface area contributed by atoms with Crippen molar-refractivity contribution in [3.05, 3.63) is 54.1 Å². The van der Waals surface area contributed by atoms with Gasteiger partial charge in [0.05, 0.1) is 12.7 Å². The van der Waals surface area contributed by atoms with Gasteiger partial charge in [-0.2, -0.15) is 0 Å². The largest absolute Gasteiger partial charge is 0.496 e. The van der Waals surface area contributed by atoms with E-state index in [1.54, 1.807) is 42.5 Å². The van der Waals surface area contributed by atoms with Crippen molar-refractivity contribution < 1.29 is 9.53 Å². The van der Waals surface area contributed by atoms with E-state index in [4.69, 9.17) is 22.7 Å². The van der Waals surface area contributed by atoms with Crippen molar-refractivity contribution in [2.75, 3.05) is 17.7 Å². The Hall–Kier alpha value is -2.60. The quantitative estimate of drug-likeness (QED) is 0.757. The molecule has 0 aliphatic carbocycles. The third-order valence-electron chi connectivity index (χ3n) is 2.74. The number of rotatable bonds is 4. The Morgan fingerprint density at radius 1 is 1.10 bits per heavy atom. The molecule has 2 aromatic rings. The van der Waals surface area contributed by atoms with Crippen LogP contribution in [0, 0.1) is 0 Å². The van der Waals surface area contributed by atoms with Crippen LogP contribution in [0.25, 0.3) is 0 Å². The lowest BCUT2D eigenvalue weighted by Crippen LogP contribution is -2.19. The first-order valence-corrected chi connectivity index (χ1v) is 6.62. The molecule has 0 heterocycles. The van der Waals surface area contributed by atoms with E-state index in [1.165, 1.54) is 7.11 Å². The van der Waals surface area contributed by atoms with Gasteiger partial charge in [-0.3, -0.25) is 4.79 Å². The second-order valence-electron chi connectivity index (χ2n) is 4.22. The first-order chi connectivity index (χ1) is 10.1. The molecule has 0 unspecified atom stereocenters. The molecule has 2 rings (SSSR count).